The summed E-state index contributed by atoms with van der Waals surface area (Å²) in [5, 5.41) is 0. The van der Waals surface area contributed by atoms with Crippen LogP contribution in [0.3, 0.4) is 0 Å². The first-order chi connectivity index (χ1) is 9.79. The summed E-state index contributed by atoms with van der Waals surface area (Å²) < 4.78 is 5.50. The molecule has 2 aromatic carbocycles. The Labute approximate surface area is 124 Å². The molecule has 0 saturated heterocycles. The molecule has 0 amide bonds. The minimum atomic E-state index is 0.140. The monoisotopic (exact) mass is 286 g/mol. The predicted octanol–water partition coefficient (Wildman–Crippen LogP) is 4.45. The van der Waals surface area contributed by atoms with Crippen LogP contribution in [0.25, 0.3) is 0 Å². The quantitative estimate of drug-likeness (QED) is 0.555. The molecule has 0 aliphatic carbocycles. The molecule has 104 valence electrons. The molecule has 0 aliphatic heterocycles. The molecule has 0 saturated carbocycles. The van der Waals surface area contributed by atoms with Crippen molar-refractivity contribution in [2.45, 2.75) is 18.2 Å². The molecule has 0 aromatic heterocycles. The van der Waals surface area contributed by atoms with Crippen LogP contribution >= 0.6 is 11.8 Å². The molecule has 2 aromatic rings. The zero-order chi connectivity index (χ0) is 14.2. The van der Waals surface area contributed by atoms with E-state index in [1.807, 2.05) is 54.6 Å². The Morgan fingerprint density at radius 1 is 1.05 bits per heavy atom. The van der Waals surface area contributed by atoms with Gasteiger partial charge in [0.05, 0.1) is 12.4 Å². The van der Waals surface area contributed by atoms with Crippen LogP contribution in [0.2, 0.25) is 0 Å². The number of hydrogen-bond acceptors (Lipinski definition) is 3. The van der Waals surface area contributed by atoms with Crippen LogP contribution in [0.15, 0.2) is 59.5 Å². The summed E-state index contributed by atoms with van der Waals surface area (Å²) in [6.45, 7) is 2.77. The van der Waals surface area contributed by atoms with Crippen molar-refractivity contribution in [1.29, 1.82) is 0 Å². The van der Waals surface area contributed by atoms with E-state index in [0.717, 1.165) is 22.6 Å². The van der Waals surface area contributed by atoms with Gasteiger partial charge in [-0.3, -0.25) is 4.79 Å². The van der Waals surface area contributed by atoms with E-state index in [2.05, 4.69) is 6.92 Å². The van der Waals surface area contributed by atoms with Crippen molar-refractivity contribution < 1.29 is 9.53 Å². The molecule has 0 N–H and O–H groups in total. The Kier molecular flexibility index (Phi) is 5.69. The molecule has 0 heterocycles. The van der Waals surface area contributed by atoms with Gasteiger partial charge in [0, 0.05) is 10.5 Å². The fourth-order valence-corrected chi connectivity index (χ4v) is 2.52. The van der Waals surface area contributed by atoms with Crippen molar-refractivity contribution >= 4 is 17.5 Å². The highest BCUT2D eigenvalue weighted by Gasteiger charge is 2.06. The van der Waals surface area contributed by atoms with Crippen molar-refractivity contribution in [3.8, 4) is 5.75 Å². The third-order valence-electron chi connectivity index (χ3n) is 2.76. The summed E-state index contributed by atoms with van der Waals surface area (Å²) in [7, 11) is 0. The van der Waals surface area contributed by atoms with Crippen LogP contribution in [-0.4, -0.2) is 18.1 Å². The Hall–Kier alpha value is -1.74. The SMILES string of the molecule is CCCOc1ccc(C(=O)CSc2ccccc2)cc1. The lowest BCUT2D eigenvalue weighted by atomic mass is 10.1. The van der Waals surface area contributed by atoms with Gasteiger partial charge < -0.3 is 4.74 Å². The van der Waals surface area contributed by atoms with Gasteiger partial charge in [-0.2, -0.15) is 0 Å². The number of carbonyl (C=O) groups is 1. The van der Waals surface area contributed by atoms with Crippen LogP contribution < -0.4 is 4.74 Å². The molecule has 0 unspecified atom stereocenters. The normalized spacial score (nSPS) is 10.2. The molecule has 2 rings (SSSR count). The largest absolute Gasteiger partial charge is 0.494 e. The second-order valence-electron chi connectivity index (χ2n) is 4.40. The Morgan fingerprint density at radius 2 is 1.75 bits per heavy atom. The molecule has 3 heteroatoms. The molecular weight excluding hydrogens is 268 g/mol. The van der Waals surface area contributed by atoms with Crippen LogP contribution in [0.5, 0.6) is 5.75 Å². The lowest BCUT2D eigenvalue weighted by Gasteiger charge is -2.05. The maximum absolute atomic E-state index is 12.1. The van der Waals surface area contributed by atoms with Crippen molar-refractivity contribution in [2.75, 3.05) is 12.4 Å². The maximum atomic E-state index is 12.1. The molecule has 0 bridgehead atoms. The first-order valence-corrected chi connectivity index (χ1v) is 7.72. The van der Waals surface area contributed by atoms with Crippen molar-refractivity contribution in [2.24, 2.45) is 0 Å². The molecule has 0 atom stereocenters. The second-order valence-corrected chi connectivity index (χ2v) is 5.45. The minimum absolute atomic E-state index is 0.140. The third-order valence-corrected chi connectivity index (χ3v) is 3.77. The highest BCUT2D eigenvalue weighted by atomic mass is 32.2. The predicted molar refractivity (Wildman–Crippen MR) is 83.7 cm³/mol. The number of benzene rings is 2. The van der Waals surface area contributed by atoms with Gasteiger partial charge in [-0.15, -0.1) is 11.8 Å². The van der Waals surface area contributed by atoms with E-state index in [4.69, 9.17) is 4.74 Å². The summed E-state index contributed by atoms with van der Waals surface area (Å²) in [6.07, 6.45) is 0.981. The highest BCUT2D eigenvalue weighted by molar-refractivity contribution is 8.00. The second kappa shape index (κ2) is 7.75. The number of Topliss-reactive ketones (excluding diaryl/α,β-unsaturated/α-hetero) is 1. The number of hydrogen-bond donors (Lipinski definition) is 0. The third kappa shape index (κ3) is 4.42. The molecule has 0 fully saturated rings. The number of carbonyl (C=O) groups excluding carboxylic acids is 1. The standard InChI is InChI=1S/C17H18O2S/c1-2-12-19-15-10-8-14(9-11-15)17(18)13-20-16-6-4-3-5-7-16/h3-11H,2,12-13H2,1H3. The lowest BCUT2D eigenvalue weighted by Crippen LogP contribution is -2.02. The van der Waals surface area contributed by atoms with Gasteiger partial charge in [0.25, 0.3) is 0 Å². The minimum Gasteiger partial charge on any atom is -0.494 e. The average molecular weight is 286 g/mol. The number of ether oxygens (including phenoxy) is 1. The average Bonchev–Trinajstić information content (AvgIpc) is 2.52. The van der Waals surface area contributed by atoms with Gasteiger partial charge in [-0.25, -0.2) is 0 Å². The lowest BCUT2D eigenvalue weighted by molar-refractivity contribution is 0.102. The first kappa shape index (κ1) is 14.7. The van der Waals surface area contributed by atoms with Crippen molar-refractivity contribution in [3.63, 3.8) is 0 Å². The molecule has 0 radical (unpaired) electrons. The van der Waals surface area contributed by atoms with Crippen LogP contribution in [0.4, 0.5) is 0 Å². The number of thioether (sulfide) groups is 1. The highest BCUT2D eigenvalue weighted by Crippen LogP contribution is 2.19. The van der Waals surface area contributed by atoms with Gasteiger partial charge in [0.15, 0.2) is 5.78 Å². The fourth-order valence-electron chi connectivity index (χ4n) is 1.71. The van der Waals surface area contributed by atoms with Crippen molar-refractivity contribution in [3.05, 3.63) is 60.2 Å². The topological polar surface area (TPSA) is 26.3 Å². The first-order valence-electron chi connectivity index (χ1n) is 6.73. The van der Waals surface area contributed by atoms with E-state index in [9.17, 15) is 4.79 Å². The fraction of sp³-hybridized carbons (Fsp3) is 0.235. The Morgan fingerprint density at radius 3 is 2.40 bits per heavy atom. The van der Waals surface area contributed by atoms with Crippen molar-refractivity contribution in [1.82, 2.24) is 0 Å². The smallest absolute Gasteiger partial charge is 0.173 e. The van der Waals surface area contributed by atoms with Gasteiger partial charge in [-0.1, -0.05) is 25.1 Å². The number of rotatable bonds is 7. The molecule has 0 spiro atoms. The van der Waals surface area contributed by atoms with E-state index < -0.39 is 0 Å². The molecule has 2 nitrogen and oxygen atoms in total. The Balaban J connectivity index is 1.89. The maximum Gasteiger partial charge on any atom is 0.173 e. The van der Waals surface area contributed by atoms with E-state index in [-0.39, 0.29) is 5.78 Å². The van der Waals surface area contributed by atoms with Crippen LogP contribution in [-0.2, 0) is 0 Å². The van der Waals surface area contributed by atoms with Gasteiger partial charge >= 0.3 is 0 Å². The summed E-state index contributed by atoms with van der Waals surface area (Å²) in [5.74, 6) is 1.42. The van der Waals surface area contributed by atoms with Gasteiger partial charge in [-0.05, 0) is 42.8 Å². The molecular formula is C17H18O2S. The molecule has 0 aliphatic rings. The zero-order valence-corrected chi connectivity index (χ0v) is 12.4. The number of ketones is 1. The van der Waals surface area contributed by atoms with Gasteiger partial charge in [0.2, 0.25) is 0 Å². The summed E-state index contributed by atoms with van der Waals surface area (Å²) in [5.41, 5.74) is 0.734. The van der Waals surface area contributed by atoms with Gasteiger partial charge in [0.1, 0.15) is 5.75 Å². The van der Waals surface area contributed by atoms with E-state index in [0.29, 0.717) is 12.4 Å². The van der Waals surface area contributed by atoms with Crippen LogP contribution in [0, 0.1) is 0 Å². The zero-order valence-electron chi connectivity index (χ0n) is 11.5. The summed E-state index contributed by atoms with van der Waals surface area (Å²) in [4.78, 5) is 13.2. The Bertz CT molecular complexity index is 535. The van der Waals surface area contributed by atoms with E-state index in [1.54, 1.807) is 11.8 Å². The summed E-state index contributed by atoms with van der Waals surface area (Å²) >= 11 is 1.56. The van der Waals surface area contributed by atoms with E-state index >= 15 is 0 Å². The summed E-state index contributed by atoms with van der Waals surface area (Å²) in [6, 6.07) is 17.3. The van der Waals surface area contributed by atoms with Crippen LogP contribution in [0.1, 0.15) is 23.7 Å². The van der Waals surface area contributed by atoms with E-state index in [1.165, 1.54) is 0 Å². The molecule has 20 heavy (non-hydrogen) atoms.